The SMILES string of the molecule is CCCN(C(=O)N1CCN(C(=O)OC(C)(C)C)CC1)n1ccnc1. The second kappa shape index (κ2) is 7.55. The number of imidazole rings is 1. The lowest BCUT2D eigenvalue weighted by atomic mass is 10.2. The summed E-state index contributed by atoms with van der Waals surface area (Å²) in [5.41, 5.74) is -0.511. The van der Waals surface area contributed by atoms with Crippen LogP contribution < -0.4 is 5.01 Å². The molecule has 2 heterocycles. The fourth-order valence-electron chi connectivity index (χ4n) is 2.49. The second-order valence-electron chi connectivity index (χ2n) is 6.80. The van der Waals surface area contributed by atoms with Gasteiger partial charge in [-0.05, 0) is 27.2 Å². The third-order valence-electron chi connectivity index (χ3n) is 3.63. The maximum atomic E-state index is 12.8. The van der Waals surface area contributed by atoms with Gasteiger partial charge in [-0.1, -0.05) is 6.92 Å². The van der Waals surface area contributed by atoms with Crippen LogP contribution in [0, 0.1) is 0 Å². The van der Waals surface area contributed by atoms with Crippen molar-refractivity contribution in [2.24, 2.45) is 0 Å². The Labute approximate surface area is 142 Å². The van der Waals surface area contributed by atoms with E-state index in [4.69, 9.17) is 4.74 Å². The highest BCUT2D eigenvalue weighted by Crippen LogP contribution is 2.12. The van der Waals surface area contributed by atoms with Gasteiger partial charge in [-0.25, -0.2) is 24.3 Å². The van der Waals surface area contributed by atoms with Crippen LogP contribution in [0.15, 0.2) is 18.7 Å². The summed E-state index contributed by atoms with van der Waals surface area (Å²) in [5.74, 6) is 0. The normalized spacial score (nSPS) is 15.3. The van der Waals surface area contributed by atoms with E-state index in [1.54, 1.807) is 38.2 Å². The molecule has 0 atom stereocenters. The largest absolute Gasteiger partial charge is 0.444 e. The highest BCUT2D eigenvalue weighted by molar-refractivity contribution is 5.84. The lowest BCUT2D eigenvalue weighted by Gasteiger charge is -2.37. The smallest absolute Gasteiger partial charge is 0.410 e. The molecule has 8 heteroatoms. The molecule has 134 valence electrons. The molecule has 0 radical (unpaired) electrons. The van der Waals surface area contributed by atoms with Crippen LogP contribution in [0.2, 0.25) is 0 Å². The van der Waals surface area contributed by atoms with Crippen LogP contribution in [-0.2, 0) is 4.74 Å². The van der Waals surface area contributed by atoms with Gasteiger partial charge in [0.25, 0.3) is 0 Å². The maximum absolute atomic E-state index is 12.8. The van der Waals surface area contributed by atoms with Gasteiger partial charge in [0.15, 0.2) is 0 Å². The molecule has 0 spiro atoms. The van der Waals surface area contributed by atoms with E-state index in [1.165, 1.54) is 0 Å². The van der Waals surface area contributed by atoms with Crippen LogP contribution in [0.1, 0.15) is 34.1 Å². The molecule has 8 nitrogen and oxygen atoms in total. The number of rotatable bonds is 3. The number of amides is 3. The molecule has 0 bridgehead atoms. The first-order chi connectivity index (χ1) is 11.3. The van der Waals surface area contributed by atoms with Crippen molar-refractivity contribution in [2.45, 2.75) is 39.7 Å². The third kappa shape index (κ3) is 4.62. The van der Waals surface area contributed by atoms with Crippen molar-refractivity contribution in [3.63, 3.8) is 0 Å². The highest BCUT2D eigenvalue weighted by atomic mass is 16.6. The Hall–Kier alpha value is -2.25. The van der Waals surface area contributed by atoms with Crippen molar-refractivity contribution < 1.29 is 14.3 Å². The monoisotopic (exact) mass is 337 g/mol. The first-order valence-corrected chi connectivity index (χ1v) is 8.34. The average Bonchev–Trinajstić information content (AvgIpc) is 3.04. The predicted octanol–water partition coefficient (Wildman–Crippen LogP) is 1.90. The van der Waals surface area contributed by atoms with E-state index in [2.05, 4.69) is 4.98 Å². The van der Waals surface area contributed by atoms with Crippen molar-refractivity contribution in [1.29, 1.82) is 0 Å². The Morgan fingerprint density at radius 2 is 1.79 bits per heavy atom. The molecule has 0 N–H and O–H groups in total. The van der Waals surface area contributed by atoms with Crippen molar-refractivity contribution in [2.75, 3.05) is 37.7 Å². The lowest BCUT2D eigenvalue weighted by molar-refractivity contribution is 0.0171. The van der Waals surface area contributed by atoms with Crippen molar-refractivity contribution in [3.8, 4) is 0 Å². The molecule has 0 aromatic carbocycles. The summed E-state index contributed by atoms with van der Waals surface area (Å²) in [6, 6.07) is -0.0707. The number of aromatic nitrogens is 2. The number of urea groups is 1. The van der Waals surface area contributed by atoms with E-state index in [1.807, 2.05) is 27.7 Å². The molecule has 1 aromatic heterocycles. The van der Waals surface area contributed by atoms with Crippen LogP contribution in [0.25, 0.3) is 0 Å². The van der Waals surface area contributed by atoms with Crippen LogP contribution in [0.3, 0.4) is 0 Å². The molecule has 0 unspecified atom stereocenters. The topological polar surface area (TPSA) is 70.9 Å². The first kappa shape index (κ1) is 18.1. The Morgan fingerprint density at radius 3 is 2.29 bits per heavy atom. The van der Waals surface area contributed by atoms with E-state index in [0.29, 0.717) is 32.7 Å². The molecule has 1 aromatic rings. The zero-order valence-corrected chi connectivity index (χ0v) is 14.9. The lowest BCUT2D eigenvalue weighted by Crippen LogP contribution is -2.56. The number of hydrogen-bond acceptors (Lipinski definition) is 4. The number of hydrogen-bond donors (Lipinski definition) is 0. The second-order valence-corrected chi connectivity index (χ2v) is 6.80. The highest BCUT2D eigenvalue weighted by Gasteiger charge is 2.29. The predicted molar refractivity (Wildman–Crippen MR) is 90.4 cm³/mol. The minimum Gasteiger partial charge on any atom is -0.444 e. The Kier molecular flexibility index (Phi) is 5.69. The summed E-state index contributed by atoms with van der Waals surface area (Å²) in [6.45, 7) is 10.1. The quantitative estimate of drug-likeness (QED) is 0.845. The summed E-state index contributed by atoms with van der Waals surface area (Å²) in [5, 5.41) is 1.66. The molecule has 1 saturated heterocycles. The van der Waals surface area contributed by atoms with Gasteiger partial charge in [0.2, 0.25) is 0 Å². The summed E-state index contributed by atoms with van der Waals surface area (Å²) in [4.78, 5) is 32.3. The summed E-state index contributed by atoms with van der Waals surface area (Å²) in [6.07, 6.45) is 5.54. The van der Waals surface area contributed by atoms with Crippen LogP contribution in [0.4, 0.5) is 9.59 Å². The maximum Gasteiger partial charge on any atom is 0.410 e. The van der Waals surface area contributed by atoms with Crippen molar-refractivity contribution in [3.05, 3.63) is 18.7 Å². The minimum atomic E-state index is -0.511. The molecule has 3 amide bonds. The van der Waals surface area contributed by atoms with Gasteiger partial charge in [0.05, 0.1) is 0 Å². The summed E-state index contributed by atoms with van der Waals surface area (Å²) in [7, 11) is 0. The van der Waals surface area contributed by atoms with Gasteiger partial charge in [0.1, 0.15) is 11.9 Å². The van der Waals surface area contributed by atoms with Gasteiger partial charge in [-0.3, -0.25) is 0 Å². The van der Waals surface area contributed by atoms with Crippen LogP contribution >= 0.6 is 0 Å². The van der Waals surface area contributed by atoms with E-state index in [9.17, 15) is 9.59 Å². The number of ether oxygens (including phenoxy) is 1. The Morgan fingerprint density at radius 1 is 1.17 bits per heavy atom. The summed E-state index contributed by atoms with van der Waals surface area (Å²) < 4.78 is 7.08. The van der Waals surface area contributed by atoms with Gasteiger partial charge < -0.3 is 14.5 Å². The number of carbonyl (C=O) groups excluding carboxylic acids is 2. The van der Waals surface area contributed by atoms with Gasteiger partial charge in [-0.2, -0.15) is 0 Å². The van der Waals surface area contributed by atoms with Crippen LogP contribution in [-0.4, -0.2) is 69.9 Å². The minimum absolute atomic E-state index is 0.0707. The molecule has 24 heavy (non-hydrogen) atoms. The Bertz CT molecular complexity index is 545. The van der Waals surface area contributed by atoms with Crippen LogP contribution in [0.5, 0.6) is 0 Å². The molecule has 0 saturated carbocycles. The average molecular weight is 337 g/mol. The van der Waals surface area contributed by atoms with Gasteiger partial charge >= 0.3 is 12.1 Å². The van der Waals surface area contributed by atoms with E-state index in [-0.39, 0.29) is 12.1 Å². The fourth-order valence-corrected chi connectivity index (χ4v) is 2.49. The zero-order valence-electron chi connectivity index (χ0n) is 14.9. The molecule has 1 fully saturated rings. The Balaban J connectivity index is 1.93. The van der Waals surface area contributed by atoms with Crippen molar-refractivity contribution in [1.82, 2.24) is 19.5 Å². The third-order valence-corrected chi connectivity index (χ3v) is 3.63. The van der Waals surface area contributed by atoms with Crippen molar-refractivity contribution >= 4 is 12.1 Å². The molecule has 1 aliphatic rings. The zero-order chi connectivity index (χ0) is 17.7. The number of carbonyl (C=O) groups is 2. The molecule has 1 aliphatic heterocycles. The van der Waals surface area contributed by atoms with Gasteiger partial charge in [-0.15, -0.1) is 0 Å². The van der Waals surface area contributed by atoms with E-state index in [0.717, 1.165) is 6.42 Å². The molecule has 0 aliphatic carbocycles. The molecular weight excluding hydrogens is 310 g/mol. The van der Waals surface area contributed by atoms with E-state index >= 15 is 0 Å². The summed E-state index contributed by atoms with van der Waals surface area (Å²) >= 11 is 0. The van der Waals surface area contributed by atoms with Gasteiger partial charge in [0, 0.05) is 45.1 Å². The molecule has 2 rings (SSSR count). The number of nitrogens with zero attached hydrogens (tertiary/aromatic N) is 5. The molecular formula is C16H27N5O3. The van der Waals surface area contributed by atoms with E-state index < -0.39 is 5.60 Å². The first-order valence-electron chi connectivity index (χ1n) is 8.34. The fraction of sp³-hybridized carbons (Fsp3) is 0.688. The standard InChI is InChI=1S/C16H27N5O3/c1-5-7-21(20-8-6-17-13-20)14(22)18-9-11-19(12-10-18)15(23)24-16(2,3)4/h6,8,13H,5,7,9-12H2,1-4H3. The number of piperazine rings is 1.